The topological polar surface area (TPSA) is 98.2 Å². The van der Waals surface area contributed by atoms with Gasteiger partial charge in [-0.2, -0.15) is 11.8 Å². The van der Waals surface area contributed by atoms with Crippen LogP contribution in [0.15, 0.2) is 0 Å². The van der Waals surface area contributed by atoms with E-state index in [1.54, 1.807) is 11.8 Å². The first kappa shape index (κ1) is 15.3. The van der Waals surface area contributed by atoms with Crippen molar-refractivity contribution in [2.75, 3.05) is 12.0 Å². The Morgan fingerprint density at radius 1 is 1.33 bits per heavy atom. The van der Waals surface area contributed by atoms with Crippen molar-refractivity contribution in [3.05, 3.63) is 0 Å². The van der Waals surface area contributed by atoms with E-state index in [9.17, 15) is 9.59 Å². The third-order valence-corrected chi connectivity index (χ3v) is 4.09. The van der Waals surface area contributed by atoms with Gasteiger partial charge >= 0.3 is 0 Å². The van der Waals surface area contributed by atoms with Crippen LogP contribution in [0.5, 0.6) is 0 Å². The normalized spacial score (nSPS) is 25.4. The summed E-state index contributed by atoms with van der Waals surface area (Å²) in [7, 11) is 0. The molecule has 1 aliphatic rings. The largest absolute Gasteiger partial charge is 0.369 e. The summed E-state index contributed by atoms with van der Waals surface area (Å²) in [6, 6.07) is -0.278. The van der Waals surface area contributed by atoms with Crippen molar-refractivity contribution in [1.82, 2.24) is 5.32 Å². The first-order chi connectivity index (χ1) is 8.54. The molecule has 0 spiro atoms. The SMILES string of the molecule is CSCC[C@H](N)C(=O)NC1CCC(C(N)=O)CC1. The van der Waals surface area contributed by atoms with Crippen molar-refractivity contribution in [3.8, 4) is 0 Å². The number of carbonyl (C=O) groups is 2. The molecule has 0 radical (unpaired) electrons. The van der Waals surface area contributed by atoms with E-state index in [1.165, 1.54) is 0 Å². The Hall–Kier alpha value is -0.750. The van der Waals surface area contributed by atoms with Crippen LogP contribution in [0.4, 0.5) is 0 Å². The summed E-state index contributed by atoms with van der Waals surface area (Å²) < 4.78 is 0. The molecule has 0 saturated heterocycles. The number of rotatable bonds is 6. The van der Waals surface area contributed by atoms with E-state index >= 15 is 0 Å². The monoisotopic (exact) mass is 273 g/mol. The molecule has 0 heterocycles. The zero-order chi connectivity index (χ0) is 13.5. The number of carbonyl (C=O) groups excluding carboxylic acids is 2. The van der Waals surface area contributed by atoms with Crippen molar-refractivity contribution in [2.45, 2.75) is 44.2 Å². The maximum absolute atomic E-state index is 11.8. The lowest BCUT2D eigenvalue weighted by atomic mass is 9.85. The third-order valence-electron chi connectivity index (χ3n) is 3.45. The van der Waals surface area contributed by atoms with Crippen LogP contribution in [0.1, 0.15) is 32.1 Å². The van der Waals surface area contributed by atoms with Gasteiger partial charge in [0.1, 0.15) is 0 Å². The van der Waals surface area contributed by atoms with Crippen molar-refractivity contribution in [3.63, 3.8) is 0 Å². The summed E-state index contributed by atoms with van der Waals surface area (Å²) >= 11 is 1.69. The summed E-state index contributed by atoms with van der Waals surface area (Å²) in [6.45, 7) is 0. The average molecular weight is 273 g/mol. The molecular weight excluding hydrogens is 250 g/mol. The van der Waals surface area contributed by atoms with E-state index in [-0.39, 0.29) is 23.8 Å². The molecule has 5 nitrogen and oxygen atoms in total. The second-order valence-electron chi connectivity index (χ2n) is 4.85. The van der Waals surface area contributed by atoms with Gasteiger partial charge in [-0.25, -0.2) is 0 Å². The molecule has 1 aliphatic carbocycles. The van der Waals surface area contributed by atoms with Gasteiger partial charge in [0.05, 0.1) is 6.04 Å². The highest BCUT2D eigenvalue weighted by Gasteiger charge is 2.26. The molecule has 6 heteroatoms. The number of amides is 2. The molecule has 0 aromatic carbocycles. The standard InChI is InChI=1S/C12H23N3O2S/c1-18-7-6-10(13)12(17)15-9-4-2-8(3-5-9)11(14)16/h8-10H,2-7,13H2,1H3,(H2,14,16)(H,15,17)/t8?,9?,10-/m0/s1. The van der Waals surface area contributed by atoms with Gasteiger partial charge in [0, 0.05) is 12.0 Å². The minimum Gasteiger partial charge on any atom is -0.369 e. The minimum atomic E-state index is -0.425. The lowest BCUT2D eigenvalue weighted by molar-refractivity contribution is -0.124. The quantitative estimate of drug-likeness (QED) is 0.645. The summed E-state index contributed by atoms with van der Waals surface area (Å²) in [5, 5.41) is 2.96. The molecular formula is C12H23N3O2S. The molecule has 18 heavy (non-hydrogen) atoms. The highest BCUT2D eigenvalue weighted by Crippen LogP contribution is 2.23. The van der Waals surface area contributed by atoms with Gasteiger partial charge in [-0.05, 0) is 44.1 Å². The van der Waals surface area contributed by atoms with E-state index in [1.807, 2.05) is 6.26 Å². The molecule has 1 fully saturated rings. The Morgan fingerprint density at radius 3 is 2.44 bits per heavy atom. The summed E-state index contributed by atoms with van der Waals surface area (Å²) in [6.07, 6.45) is 5.85. The second kappa shape index (κ2) is 7.63. The van der Waals surface area contributed by atoms with Gasteiger partial charge < -0.3 is 16.8 Å². The van der Waals surface area contributed by atoms with Crippen molar-refractivity contribution in [2.24, 2.45) is 17.4 Å². The fourth-order valence-electron chi connectivity index (χ4n) is 2.21. The number of primary amides is 1. The fourth-order valence-corrected chi connectivity index (χ4v) is 2.70. The molecule has 1 saturated carbocycles. The highest BCUT2D eigenvalue weighted by molar-refractivity contribution is 7.98. The highest BCUT2D eigenvalue weighted by atomic mass is 32.2. The first-order valence-electron chi connectivity index (χ1n) is 6.38. The van der Waals surface area contributed by atoms with Gasteiger partial charge in [0.15, 0.2) is 0 Å². The van der Waals surface area contributed by atoms with Crippen LogP contribution >= 0.6 is 11.8 Å². The number of nitrogens with one attached hydrogen (secondary N) is 1. The minimum absolute atomic E-state index is 0.0247. The summed E-state index contributed by atoms with van der Waals surface area (Å²) in [5.41, 5.74) is 11.1. The average Bonchev–Trinajstić information content (AvgIpc) is 2.36. The van der Waals surface area contributed by atoms with Crippen LogP contribution in [0, 0.1) is 5.92 Å². The molecule has 1 atom stereocenters. The molecule has 0 bridgehead atoms. The molecule has 0 unspecified atom stereocenters. The molecule has 5 N–H and O–H groups in total. The Bertz CT molecular complexity index is 291. The van der Waals surface area contributed by atoms with E-state index in [4.69, 9.17) is 11.5 Å². The Morgan fingerprint density at radius 2 is 1.94 bits per heavy atom. The maximum Gasteiger partial charge on any atom is 0.237 e. The smallest absolute Gasteiger partial charge is 0.237 e. The van der Waals surface area contributed by atoms with E-state index in [0.717, 1.165) is 31.4 Å². The molecule has 0 aliphatic heterocycles. The summed E-state index contributed by atoms with van der Waals surface area (Å²) in [5.74, 6) is 0.564. The van der Waals surface area contributed by atoms with Crippen LogP contribution < -0.4 is 16.8 Å². The van der Waals surface area contributed by atoms with Gasteiger partial charge in [0.2, 0.25) is 11.8 Å². The van der Waals surface area contributed by atoms with E-state index in [2.05, 4.69) is 5.32 Å². The number of hydrogen-bond donors (Lipinski definition) is 3. The number of hydrogen-bond acceptors (Lipinski definition) is 4. The van der Waals surface area contributed by atoms with Gasteiger partial charge in [0.25, 0.3) is 0 Å². The van der Waals surface area contributed by atoms with Crippen LogP contribution in [-0.4, -0.2) is 35.9 Å². The van der Waals surface area contributed by atoms with E-state index in [0.29, 0.717) is 6.42 Å². The Balaban J connectivity index is 2.27. The maximum atomic E-state index is 11.8. The Kier molecular flexibility index (Phi) is 6.49. The van der Waals surface area contributed by atoms with Crippen LogP contribution in [0.25, 0.3) is 0 Å². The third kappa shape index (κ3) is 4.86. The first-order valence-corrected chi connectivity index (χ1v) is 7.78. The van der Waals surface area contributed by atoms with Crippen molar-refractivity contribution in [1.29, 1.82) is 0 Å². The molecule has 0 aromatic heterocycles. The van der Waals surface area contributed by atoms with Crippen molar-refractivity contribution >= 4 is 23.6 Å². The molecule has 0 aromatic rings. The van der Waals surface area contributed by atoms with Gasteiger partial charge in [-0.1, -0.05) is 0 Å². The molecule has 104 valence electrons. The number of nitrogens with two attached hydrogens (primary N) is 2. The molecule has 2 amide bonds. The van der Waals surface area contributed by atoms with Crippen LogP contribution in [0.3, 0.4) is 0 Å². The zero-order valence-corrected chi connectivity index (χ0v) is 11.7. The van der Waals surface area contributed by atoms with Crippen molar-refractivity contribution < 1.29 is 9.59 Å². The predicted octanol–water partition coefficient (Wildman–Crippen LogP) is 0.227. The number of thioether (sulfide) groups is 1. The molecule has 1 rings (SSSR count). The second-order valence-corrected chi connectivity index (χ2v) is 5.83. The lowest BCUT2D eigenvalue weighted by Crippen LogP contribution is -2.47. The summed E-state index contributed by atoms with van der Waals surface area (Å²) in [4.78, 5) is 22.8. The predicted molar refractivity (Wildman–Crippen MR) is 74.1 cm³/mol. The van der Waals surface area contributed by atoms with Gasteiger partial charge in [-0.15, -0.1) is 0 Å². The van der Waals surface area contributed by atoms with Crippen LogP contribution in [-0.2, 0) is 9.59 Å². The fraction of sp³-hybridized carbons (Fsp3) is 0.833. The van der Waals surface area contributed by atoms with Gasteiger partial charge in [-0.3, -0.25) is 9.59 Å². The Labute approximate surface area is 112 Å². The van der Waals surface area contributed by atoms with E-state index < -0.39 is 6.04 Å². The lowest BCUT2D eigenvalue weighted by Gasteiger charge is -2.28. The van der Waals surface area contributed by atoms with Crippen LogP contribution in [0.2, 0.25) is 0 Å². The zero-order valence-electron chi connectivity index (χ0n) is 10.9.